The molecule has 96 valence electrons. The van der Waals surface area contributed by atoms with Crippen molar-refractivity contribution in [3.8, 4) is 0 Å². The number of aryl methyl sites for hydroxylation is 1. The molecule has 0 aliphatic rings. The number of pyridine rings is 1. The first kappa shape index (κ1) is 11.9. The van der Waals surface area contributed by atoms with Crippen molar-refractivity contribution in [3.05, 3.63) is 71.5 Å². The Hall–Kier alpha value is -2.13. The van der Waals surface area contributed by atoms with Crippen LogP contribution >= 0.6 is 0 Å². The summed E-state index contributed by atoms with van der Waals surface area (Å²) in [5.41, 5.74) is 5.01. The Balaban J connectivity index is 1.66. The van der Waals surface area contributed by atoms with Gasteiger partial charge in [0.2, 0.25) is 0 Å². The minimum atomic E-state index is 0.835. The molecule has 0 saturated carbocycles. The maximum Gasteiger partial charge on any atom is 0.0706 e. The van der Waals surface area contributed by atoms with Crippen LogP contribution in [0.4, 0.5) is 0 Å². The average Bonchev–Trinajstić information content (AvgIpc) is 2.83. The van der Waals surface area contributed by atoms with E-state index in [2.05, 4.69) is 47.7 Å². The quantitative estimate of drug-likeness (QED) is 0.772. The molecule has 1 aromatic carbocycles. The highest BCUT2D eigenvalue weighted by Gasteiger charge is 2.02. The summed E-state index contributed by atoms with van der Waals surface area (Å²) in [5.74, 6) is 0. The largest absolute Gasteiger partial charge is 0.308 e. The molecule has 0 radical (unpaired) electrons. The predicted molar refractivity (Wildman–Crippen MR) is 76.9 cm³/mol. The van der Waals surface area contributed by atoms with Crippen LogP contribution in [0, 0.1) is 6.92 Å². The number of benzene rings is 1. The van der Waals surface area contributed by atoms with Gasteiger partial charge in [0.15, 0.2) is 0 Å². The summed E-state index contributed by atoms with van der Waals surface area (Å²) in [5, 5.41) is 7.81. The molecule has 0 aliphatic carbocycles. The molecule has 2 heterocycles. The molecule has 19 heavy (non-hydrogen) atoms. The van der Waals surface area contributed by atoms with Crippen LogP contribution in [0.25, 0.3) is 5.52 Å². The molecule has 0 bridgehead atoms. The van der Waals surface area contributed by atoms with E-state index in [0.29, 0.717) is 0 Å². The molecule has 3 aromatic rings. The highest BCUT2D eigenvalue weighted by Crippen LogP contribution is 2.10. The van der Waals surface area contributed by atoms with Crippen LogP contribution in [0.1, 0.15) is 16.7 Å². The van der Waals surface area contributed by atoms with Crippen LogP contribution < -0.4 is 5.32 Å². The molecule has 0 spiro atoms. The van der Waals surface area contributed by atoms with E-state index in [1.807, 2.05) is 29.0 Å². The Morgan fingerprint density at radius 1 is 1.11 bits per heavy atom. The molecule has 0 unspecified atom stereocenters. The minimum absolute atomic E-state index is 0.835. The maximum atomic E-state index is 4.34. The molecule has 0 atom stereocenters. The number of nitrogens with zero attached hydrogens (tertiary/aromatic N) is 2. The van der Waals surface area contributed by atoms with Crippen LogP contribution in [-0.2, 0) is 13.1 Å². The topological polar surface area (TPSA) is 29.3 Å². The summed E-state index contributed by atoms with van der Waals surface area (Å²) < 4.78 is 1.91. The van der Waals surface area contributed by atoms with E-state index in [1.165, 1.54) is 22.2 Å². The number of aromatic nitrogens is 2. The molecule has 0 aliphatic heterocycles. The minimum Gasteiger partial charge on any atom is -0.308 e. The SMILES string of the molecule is Cc1cccc(CNCc2cnn3ccccc23)c1. The smallest absolute Gasteiger partial charge is 0.0706 e. The molecule has 3 rings (SSSR count). The van der Waals surface area contributed by atoms with Crippen LogP contribution in [0.3, 0.4) is 0 Å². The molecular formula is C16H17N3. The van der Waals surface area contributed by atoms with Crippen LogP contribution in [0.5, 0.6) is 0 Å². The van der Waals surface area contributed by atoms with Crippen molar-refractivity contribution in [1.82, 2.24) is 14.9 Å². The Morgan fingerprint density at radius 2 is 2.05 bits per heavy atom. The van der Waals surface area contributed by atoms with Gasteiger partial charge in [0, 0.05) is 24.8 Å². The van der Waals surface area contributed by atoms with Crippen molar-refractivity contribution in [2.75, 3.05) is 0 Å². The lowest BCUT2D eigenvalue weighted by Crippen LogP contribution is -2.12. The maximum absolute atomic E-state index is 4.34. The molecule has 3 heteroatoms. The van der Waals surface area contributed by atoms with Crippen molar-refractivity contribution >= 4 is 5.52 Å². The summed E-state index contributed by atoms with van der Waals surface area (Å²) in [6, 6.07) is 14.7. The fraction of sp³-hybridized carbons (Fsp3) is 0.188. The summed E-state index contributed by atoms with van der Waals surface area (Å²) in [6.07, 6.45) is 3.90. The van der Waals surface area contributed by atoms with E-state index < -0.39 is 0 Å². The van der Waals surface area contributed by atoms with Gasteiger partial charge in [-0.2, -0.15) is 5.10 Å². The van der Waals surface area contributed by atoms with Gasteiger partial charge in [0.05, 0.1) is 11.7 Å². The zero-order valence-electron chi connectivity index (χ0n) is 11.0. The zero-order valence-corrected chi connectivity index (χ0v) is 11.0. The van der Waals surface area contributed by atoms with Crippen molar-refractivity contribution in [2.24, 2.45) is 0 Å². The van der Waals surface area contributed by atoms with Crippen LogP contribution in [0.15, 0.2) is 54.9 Å². The number of hydrogen-bond acceptors (Lipinski definition) is 2. The van der Waals surface area contributed by atoms with Gasteiger partial charge in [-0.05, 0) is 24.6 Å². The molecule has 3 nitrogen and oxygen atoms in total. The summed E-state index contributed by atoms with van der Waals surface area (Å²) in [6.45, 7) is 3.84. The second-order valence-electron chi connectivity index (χ2n) is 4.79. The summed E-state index contributed by atoms with van der Waals surface area (Å²) >= 11 is 0. The molecule has 0 amide bonds. The van der Waals surface area contributed by atoms with Gasteiger partial charge in [-0.15, -0.1) is 0 Å². The third-order valence-corrected chi connectivity index (χ3v) is 3.23. The number of hydrogen-bond donors (Lipinski definition) is 1. The lowest BCUT2D eigenvalue weighted by molar-refractivity contribution is 0.696. The van der Waals surface area contributed by atoms with E-state index in [4.69, 9.17) is 0 Å². The van der Waals surface area contributed by atoms with Gasteiger partial charge in [0.25, 0.3) is 0 Å². The van der Waals surface area contributed by atoms with E-state index >= 15 is 0 Å². The normalized spacial score (nSPS) is 11.0. The van der Waals surface area contributed by atoms with Crippen molar-refractivity contribution in [1.29, 1.82) is 0 Å². The molecule has 0 saturated heterocycles. The highest BCUT2D eigenvalue weighted by molar-refractivity contribution is 5.53. The van der Waals surface area contributed by atoms with E-state index in [0.717, 1.165) is 13.1 Å². The molecule has 0 fully saturated rings. The van der Waals surface area contributed by atoms with Crippen molar-refractivity contribution < 1.29 is 0 Å². The van der Waals surface area contributed by atoms with E-state index in [-0.39, 0.29) is 0 Å². The number of nitrogens with one attached hydrogen (secondary N) is 1. The molecule has 1 N–H and O–H groups in total. The third-order valence-electron chi connectivity index (χ3n) is 3.23. The molecule has 2 aromatic heterocycles. The Morgan fingerprint density at radius 3 is 2.95 bits per heavy atom. The molecular weight excluding hydrogens is 234 g/mol. The predicted octanol–water partition coefficient (Wildman–Crippen LogP) is 2.93. The van der Waals surface area contributed by atoms with Crippen LogP contribution in [-0.4, -0.2) is 9.61 Å². The number of fused-ring (bicyclic) bond motifs is 1. The second-order valence-corrected chi connectivity index (χ2v) is 4.79. The average molecular weight is 251 g/mol. The standard InChI is InChI=1S/C16H17N3/c1-13-5-4-6-14(9-13)10-17-11-15-12-18-19-8-3-2-7-16(15)19/h2-9,12,17H,10-11H2,1H3. The Bertz CT molecular complexity index is 685. The van der Waals surface area contributed by atoms with Crippen molar-refractivity contribution in [2.45, 2.75) is 20.0 Å². The van der Waals surface area contributed by atoms with Gasteiger partial charge >= 0.3 is 0 Å². The summed E-state index contributed by atoms with van der Waals surface area (Å²) in [7, 11) is 0. The lowest BCUT2D eigenvalue weighted by atomic mass is 10.1. The van der Waals surface area contributed by atoms with E-state index in [1.54, 1.807) is 0 Å². The Labute approximate surface area is 112 Å². The third kappa shape index (κ3) is 2.66. The monoisotopic (exact) mass is 251 g/mol. The Kier molecular flexibility index (Phi) is 3.29. The lowest BCUT2D eigenvalue weighted by Gasteiger charge is -2.05. The summed E-state index contributed by atoms with van der Waals surface area (Å²) in [4.78, 5) is 0. The fourth-order valence-corrected chi connectivity index (χ4v) is 2.29. The van der Waals surface area contributed by atoms with Gasteiger partial charge < -0.3 is 5.32 Å². The highest BCUT2D eigenvalue weighted by atomic mass is 15.2. The first-order valence-corrected chi connectivity index (χ1v) is 6.50. The second kappa shape index (κ2) is 5.24. The number of rotatable bonds is 4. The van der Waals surface area contributed by atoms with Gasteiger partial charge in [-0.1, -0.05) is 35.9 Å². The van der Waals surface area contributed by atoms with Gasteiger partial charge in [0.1, 0.15) is 0 Å². The van der Waals surface area contributed by atoms with Crippen LogP contribution in [0.2, 0.25) is 0 Å². The van der Waals surface area contributed by atoms with E-state index in [9.17, 15) is 0 Å². The van der Waals surface area contributed by atoms with Crippen molar-refractivity contribution in [3.63, 3.8) is 0 Å². The van der Waals surface area contributed by atoms with Gasteiger partial charge in [-0.25, -0.2) is 4.52 Å². The first-order chi connectivity index (χ1) is 9.33. The van der Waals surface area contributed by atoms with Gasteiger partial charge in [-0.3, -0.25) is 0 Å². The zero-order chi connectivity index (χ0) is 13.1. The fourth-order valence-electron chi connectivity index (χ4n) is 2.29. The first-order valence-electron chi connectivity index (χ1n) is 6.50.